The molecule has 0 unspecified atom stereocenters. The number of nitrogens with zero attached hydrogens (tertiary/aromatic N) is 1. The second-order valence-electron chi connectivity index (χ2n) is 7.45. The summed E-state index contributed by atoms with van der Waals surface area (Å²) in [6.07, 6.45) is 1.26. The highest BCUT2D eigenvalue weighted by Gasteiger charge is 2.48. The molecule has 0 atom stereocenters. The Morgan fingerprint density at radius 1 is 0.929 bits per heavy atom. The third kappa shape index (κ3) is 3.50. The summed E-state index contributed by atoms with van der Waals surface area (Å²) in [7, 11) is 0. The molecule has 0 aliphatic carbocycles. The van der Waals surface area contributed by atoms with Gasteiger partial charge in [0.1, 0.15) is 5.54 Å². The Morgan fingerprint density at radius 3 is 1.93 bits per heavy atom. The van der Waals surface area contributed by atoms with Gasteiger partial charge < -0.3 is 10.2 Å². The number of urea groups is 1. The van der Waals surface area contributed by atoms with Crippen molar-refractivity contribution in [2.45, 2.75) is 30.7 Å². The van der Waals surface area contributed by atoms with E-state index >= 15 is 0 Å². The van der Waals surface area contributed by atoms with Gasteiger partial charge in [0.15, 0.2) is 0 Å². The highest BCUT2D eigenvalue weighted by molar-refractivity contribution is 6.07. The fourth-order valence-electron chi connectivity index (χ4n) is 4.12. The first kappa shape index (κ1) is 18.2. The number of hydrogen-bond donors (Lipinski definition) is 2. The lowest BCUT2D eigenvalue weighted by molar-refractivity contribution is -0.136. The van der Waals surface area contributed by atoms with E-state index in [1.165, 1.54) is 0 Å². The van der Waals surface area contributed by atoms with E-state index in [2.05, 4.69) is 34.9 Å². The topological polar surface area (TPSA) is 78.5 Å². The van der Waals surface area contributed by atoms with E-state index < -0.39 is 11.6 Å². The Kier molecular flexibility index (Phi) is 4.86. The molecule has 2 aliphatic heterocycles. The highest BCUT2D eigenvalue weighted by atomic mass is 16.2. The number of likely N-dealkylation sites (tertiary alicyclic amines) is 1. The smallest absolute Gasteiger partial charge is 0.322 e. The first-order valence-corrected chi connectivity index (χ1v) is 9.59. The molecule has 4 amide bonds. The van der Waals surface area contributed by atoms with Crippen molar-refractivity contribution in [3.63, 3.8) is 0 Å². The van der Waals surface area contributed by atoms with Crippen molar-refractivity contribution in [3.8, 4) is 0 Å². The standard InChI is InChI=1S/C22H23N3O3/c26-19(25-13-11-22(12-14-25)20(27)23-21(28)24-22)15-18(16-7-3-1-4-8-16)17-9-5-2-6-10-17/h1-10,18H,11-15H2,(H2,23,24,27,28). The van der Waals surface area contributed by atoms with E-state index in [9.17, 15) is 14.4 Å². The van der Waals surface area contributed by atoms with Crippen LogP contribution in [0.3, 0.4) is 0 Å². The normalized spacial score (nSPS) is 18.2. The molecule has 1 spiro atoms. The summed E-state index contributed by atoms with van der Waals surface area (Å²) in [4.78, 5) is 38.4. The second-order valence-corrected chi connectivity index (χ2v) is 7.45. The van der Waals surface area contributed by atoms with Crippen LogP contribution in [0.1, 0.15) is 36.3 Å². The van der Waals surface area contributed by atoms with Gasteiger partial charge in [0.05, 0.1) is 0 Å². The maximum Gasteiger partial charge on any atom is 0.322 e. The van der Waals surface area contributed by atoms with Gasteiger partial charge >= 0.3 is 6.03 Å². The van der Waals surface area contributed by atoms with Crippen LogP contribution in [0.15, 0.2) is 60.7 Å². The van der Waals surface area contributed by atoms with Crippen LogP contribution < -0.4 is 10.6 Å². The molecule has 2 N–H and O–H groups in total. The van der Waals surface area contributed by atoms with E-state index in [1.807, 2.05) is 41.3 Å². The maximum atomic E-state index is 13.0. The van der Waals surface area contributed by atoms with Gasteiger partial charge in [-0.2, -0.15) is 0 Å². The van der Waals surface area contributed by atoms with Crippen LogP contribution >= 0.6 is 0 Å². The lowest BCUT2D eigenvalue weighted by atomic mass is 9.86. The summed E-state index contributed by atoms with van der Waals surface area (Å²) < 4.78 is 0. The van der Waals surface area contributed by atoms with Crippen LogP contribution in [0.4, 0.5) is 4.79 Å². The summed E-state index contributed by atoms with van der Waals surface area (Å²) >= 11 is 0. The highest BCUT2D eigenvalue weighted by Crippen LogP contribution is 2.31. The second kappa shape index (κ2) is 7.46. The zero-order valence-corrected chi connectivity index (χ0v) is 15.6. The fourth-order valence-corrected chi connectivity index (χ4v) is 4.12. The Bertz CT molecular complexity index is 835. The Hall–Kier alpha value is -3.15. The predicted molar refractivity (Wildman–Crippen MR) is 105 cm³/mol. The summed E-state index contributed by atoms with van der Waals surface area (Å²) in [6, 6.07) is 19.6. The third-order valence-electron chi connectivity index (χ3n) is 5.77. The molecule has 2 aliphatic rings. The molecular weight excluding hydrogens is 354 g/mol. The Labute approximate surface area is 163 Å². The van der Waals surface area contributed by atoms with E-state index in [-0.39, 0.29) is 17.7 Å². The van der Waals surface area contributed by atoms with Gasteiger partial charge in [-0.25, -0.2) is 4.79 Å². The first-order chi connectivity index (χ1) is 13.6. The molecule has 0 bridgehead atoms. The molecule has 0 saturated carbocycles. The number of carbonyl (C=O) groups is 3. The van der Waals surface area contributed by atoms with Gasteiger partial charge in [0, 0.05) is 25.4 Å². The van der Waals surface area contributed by atoms with Crippen molar-refractivity contribution in [1.29, 1.82) is 0 Å². The summed E-state index contributed by atoms with van der Waals surface area (Å²) in [5.41, 5.74) is 1.36. The van der Waals surface area contributed by atoms with Crippen LogP contribution in [0.5, 0.6) is 0 Å². The quantitative estimate of drug-likeness (QED) is 0.803. The molecule has 0 radical (unpaired) electrons. The summed E-state index contributed by atoms with van der Waals surface area (Å²) in [5.74, 6) is -0.228. The Morgan fingerprint density at radius 2 is 1.46 bits per heavy atom. The van der Waals surface area contributed by atoms with E-state index in [4.69, 9.17) is 0 Å². The third-order valence-corrected chi connectivity index (χ3v) is 5.77. The van der Waals surface area contributed by atoms with Crippen LogP contribution in [-0.2, 0) is 9.59 Å². The number of rotatable bonds is 4. The van der Waals surface area contributed by atoms with Crippen molar-refractivity contribution in [1.82, 2.24) is 15.5 Å². The van der Waals surface area contributed by atoms with Gasteiger partial charge in [-0.1, -0.05) is 60.7 Å². The monoisotopic (exact) mass is 377 g/mol. The SMILES string of the molecule is O=C1NC(=O)C2(CCN(C(=O)CC(c3ccccc3)c3ccccc3)CC2)N1. The van der Waals surface area contributed by atoms with E-state index in [1.54, 1.807) is 0 Å². The summed E-state index contributed by atoms with van der Waals surface area (Å²) in [5, 5.41) is 5.04. The number of imide groups is 1. The predicted octanol–water partition coefficient (Wildman–Crippen LogP) is 2.41. The van der Waals surface area contributed by atoms with Crippen molar-refractivity contribution < 1.29 is 14.4 Å². The molecule has 2 saturated heterocycles. The lowest BCUT2D eigenvalue weighted by Crippen LogP contribution is -2.55. The van der Waals surface area contributed by atoms with Gasteiger partial charge in [-0.05, 0) is 24.0 Å². The fraction of sp³-hybridized carbons (Fsp3) is 0.318. The van der Waals surface area contributed by atoms with Crippen molar-refractivity contribution in [2.75, 3.05) is 13.1 Å². The lowest BCUT2D eigenvalue weighted by Gasteiger charge is -2.37. The molecule has 6 heteroatoms. The minimum atomic E-state index is -0.855. The van der Waals surface area contributed by atoms with Crippen LogP contribution in [0.2, 0.25) is 0 Å². The molecule has 0 aromatic heterocycles. The van der Waals surface area contributed by atoms with Crippen LogP contribution in [0.25, 0.3) is 0 Å². The number of piperidine rings is 1. The van der Waals surface area contributed by atoms with Crippen LogP contribution in [-0.4, -0.2) is 41.4 Å². The van der Waals surface area contributed by atoms with Gasteiger partial charge in [-0.3, -0.25) is 14.9 Å². The first-order valence-electron chi connectivity index (χ1n) is 9.59. The maximum absolute atomic E-state index is 13.0. The van der Waals surface area contributed by atoms with Gasteiger partial charge in [-0.15, -0.1) is 0 Å². The zero-order valence-electron chi connectivity index (χ0n) is 15.6. The largest absolute Gasteiger partial charge is 0.342 e. The van der Waals surface area contributed by atoms with Crippen molar-refractivity contribution in [2.24, 2.45) is 0 Å². The minimum Gasteiger partial charge on any atom is -0.342 e. The number of nitrogens with one attached hydrogen (secondary N) is 2. The molecule has 6 nitrogen and oxygen atoms in total. The van der Waals surface area contributed by atoms with Gasteiger partial charge in [0.2, 0.25) is 5.91 Å². The molecule has 4 rings (SSSR count). The van der Waals surface area contributed by atoms with Crippen molar-refractivity contribution >= 4 is 17.8 Å². The molecule has 2 fully saturated rings. The molecule has 28 heavy (non-hydrogen) atoms. The molecule has 2 aromatic rings. The molecule has 144 valence electrons. The minimum absolute atomic E-state index is 0.0136. The van der Waals surface area contributed by atoms with Crippen LogP contribution in [0, 0.1) is 0 Å². The average Bonchev–Trinajstić information content (AvgIpc) is 3.00. The summed E-state index contributed by atoms with van der Waals surface area (Å²) in [6.45, 7) is 0.922. The number of benzene rings is 2. The molecule has 2 heterocycles. The number of hydrogen-bond acceptors (Lipinski definition) is 3. The average molecular weight is 377 g/mol. The van der Waals surface area contributed by atoms with E-state index in [0.717, 1.165) is 11.1 Å². The van der Waals surface area contributed by atoms with Gasteiger partial charge in [0.25, 0.3) is 5.91 Å². The molecular formula is C22H23N3O3. The molecule has 2 aromatic carbocycles. The Balaban J connectivity index is 1.47. The van der Waals surface area contributed by atoms with E-state index in [0.29, 0.717) is 32.4 Å². The number of amides is 4. The van der Waals surface area contributed by atoms with Crippen molar-refractivity contribution in [3.05, 3.63) is 71.8 Å². The number of carbonyl (C=O) groups excluding carboxylic acids is 3. The zero-order chi connectivity index (χ0) is 19.6.